The first-order chi connectivity index (χ1) is 8.04. The number of nitrogen functional groups attached to an aromatic ring is 1. The van der Waals surface area contributed by atoms with Crippen LogP contribution in [-0.2, 0) is 10.0 Å². The monoisotopic (exact) mass is 312 g/mol. The molecule has 18 heavy (non-hydrogen) atoms. The van der Waals surface area contributed by atoms with Crippen molar-refractivity contribution in [3.63, 3.8) is 0 Å². The standard InChI is InChI=1S/C10H14Cl2N2O3S/c1-10(2,15)5-14-18(16,17)9-6(11)3-4-7(13)8(9)12/h3-4,14-15H,5,13H2,1-2H3. The first kappa shape index (κ1) is 15.5. The van der Waals surface area contributed by atoms with Gasteiger partial charge in [-0.25, -0.2) is 13.1 Å². The van der Waals surface area contributed by atoms with E-state index in [2.05, 4.69) is 4.72 Å². The SMILES string of the molecule is CC(C)(O)CNS(=O)(=O)c1c(Cl)ccc(N)c1Cl. The van der Waals surface area contributed by atoms with Gasteiger partial charge in [-0.1, -0.05) is 23.2 Å². The lowest BCUT2D eigenvalue weighted by molar-refractivity contribution is 0.0857. The summed E-state index contributed by atoms with van der Waals surface area (Å²) in [6.45, 7) is 2.77. The summed E-state index contributed by atoms with van der Waals surface area (Å²) in [5.41, 5.74) is 4.46. The Kier molecular flexibility index (Phi) is 4.51. The van der Waals surface area contributed by atoms with Gasteiger partial charge in [0.1, 0.15) is 4.90 Å². The Morgan fingerprint density at radius 3 is 2.44 bits per heavy atom. The number of rotatable bonds is 4. The van der Waals surface area contributed by atoms with Crippen molar-refractivity contribution < 1.29 is 13.5 Å². The lowest BCUT2D eigenvalue weighted by Gasteiger charge is -2.18. The number of sulfonamides is 1. The van der Waals surface area contributed by atoms with E-state index in [9.17, 15) is 13.5 Å². The molecule has 0 aliphatic rings. The first-order valence-electron chi connectivity index (χ1n) is 5.00. The summed E-state index contributed by atoms with van der Waals surface area (Å²) in [7, 11) is -3.93. The molecule has 0 saturated heterocycles. The van der Waals surface area contributed by atoms with Gasteiger partial charge in [0.15, 0.2) is 0 Å². The van der Waals surface area contributed by atoms with Gasteiger partial charge < -0.3 is 10.8 Å². The van der Waals surface area contributed by atoms with Crippen LogP contribution in [0.5, 0.6) is 0 Å². The molecule has 0 fully saturated rings. The van der Waals surface area contributed by atoms with E-state index in [4.69, 9.17) is 28.9 Å². The Balaban J connectivity index is 3.18. The van der Waals surface area contributed by atoms with Crippen molar-refractivity contribution in [2.24, 2.45) is 0 Å². The number of anilines is 1. The molecule has 5 nitrogen and oxygen atoms in total. The first-order valence-corrected chi connectivity index (χ1v) is 7.24. The molecule has 0 aliphatic carbocycles. The third-order valence-corrected chi connectivity index (χ3v) is 4.47. The van der Waals surface area contributed by atoms with Gasteiger partial charge in [0.2, 0.25) is 10.0 Å². The van der Waals surface area contributed by atoms with Crippen LogP contribution in [0.1, 0.15) is 13.8 Å². The van der Waals surface area contributed by atoms with E-state index in [1.54, 1.807) is 0 Å². The van der Waals surface area contributed by atoms with E-state index in [0.29, 0.717) is 0 Å². The predicted octanol–water partition coefficient (Wildman–Crippen LogP) is 1.62. The van der Waals surface area contributed by atoms with Crippen LogP contribution in [0.15, 0.2) is 17.0 Å². The Labute approximate surface area is 116 Å². The molecular formula is C10H14Cl2N2O3S. The molecule has 0 aliphatic heterocycles. The zero-order valence-corrected chi connectivity index (χ0v) is 12.2. The highest BCUT2D eigenvalue weighted by Gasteiger charge is 2.25. The van der Waals surface area contributed by atoms with Gasteiger partial charge in [-0.3, -0.25) is 0 Å². The summed E-state index contributed by atoms with van der Waals surface area (Å²) in [4.78, 5) is -0.282. The Bertz CT molecular complexity index is 553. The molecule has 1 aromatic carbocycles. The van der Waals surface area contributed by atoms with Gasteiger partial charge in [0.05, 0.1) is 21.3 Å². The highest BCUT2D eigenvalue weighted by Crippen LogP contribution is 2.33. The van der Waals surface area contributed by atoms with Crippen LogP contribution in [-0.4, -0.2) is 25.7 Å². The molecule has 0 amide bonds. The molecule has 8 heteroatoms. The molecule has 0 bridgehead atoms. The summed E-state index contributed by atoms with van der Waals surface area (Å²) in [5.74, 6) is 0. The number of aliphatic hydroxyl groups is 1. The van der Waals surface area contributed by atoms with Crippen LogP contribution in [0, 0.1) is 0 Å². The van der Waals surface area contributed by atoms with E-state index in [1.807, 2.05) is 0 Å². The van der Waals surface area contributed by atoms with Crippen LogP contribution >= 0.6 is 23.2 Å². The second kappa shape index (κ2) is 5.22. The third-order valence-electron chi connectivity index (χ3n) is 2.04. The Morgan fingerprint density at radius 1 is 1.39 bits per heavy atom. The molecule has 0 saturated carbocycles. The Morgan fingerprint density at radius 2 is 1.94 bits per heavy atom. The summed E-state index contributed by atoms with van der Waals surface area (Å²) in [6, 6.07) is 2.76. The summed E-state index contributed by atoms with van der Waals surface area (Å²) >= 11 is 11.7. The van der Waals surface area contributed by atoms with Crippen LogP contribution in [0.25, 0.3) is 0 Å². The maximum Gasteiger partial charge on any atom is 0.243 e. The van der Waals surface area contributed by atoms with E-state index in [0.717, 1.165) is 0 Å². The maximum atomic E-state index is 12.0. The summed E-state index contributed by atoms with van der Waals surface area (Å²) in [5, 5.41) is 9.34. The third kappa shape index (κ3) is 3.73. The van der Waals surface area contributed by atoms with Crippen LogP contribution in [0.4, 0.5) is 5.69 Å². The van der Waals surface area contributed by atoms with Crippen LogP contribution in [0.2, 0.25) is 10.0 Å². The zero-order valence-electron chi connectivity index (χ0n) is 9.87. The molecule has 0 radical (unpaired) electrons. The van der Waals surface area contributed by atoms with E-state index < -0.39 is 15.6 Å². The number of hydrogen-bond acceptors (Lipinski definition) is 4. The van der Waals surface area contributed by atoms with Crippen molar-refractivity contribution >= 4 is 38.9 Å². The number of nitrogens with two attached hydrogens (primary N) is 1. The summed E-state index contributed by atoms with van der Waals surface area (Å²) < 4.78 is 26.3. The average Bonchev–Trinajstić information content (AvgIpc) is 2.20. The maximum absolute atomic E-state index is 12.0. The topological polar surface area (TPSA) is 92.4 Å². The zero-order chi connectivity index (χ0) is 14.1. The molecule has 1 rings (SSSR count). The molecule has 0 unspecified atom stereocenters. The fraction of sp³-hybridized carbons (Fsp3) is 0.400. The van der Waals surface area contributed by atoms with Gasteiger partial charge in [-0.05, 0) is 26.0 Å². The molecule has 0 aromatic heterocycles. The second-order valence-corrected chi connectivity index (χ2v) is 6.91. The van der Waals surface area contributed by atoms with Gasteiger partial charge in [0.25, 0.3) is 0 Å². The Hall–Kier alpha value is -0.530. The average molecular weight is 313 g/mol. The predicted molar refractivity (Wildman–Crippen MR) is 72.4 cm³/mol. The van der Waals surface area contributed by atoms with Crippen molar-refractivity contribution in [2.45, 2.75) is 24.3 Å². The van der Waals surface area contributed by atoms with Crippen LogP contribution < -0.4 is 10.5 Å². The molecule has 1 aromatic rings. The normalized spacial score (nSPS) is 12.7. The van der Waals surface area contributed by atoms with Crippen molar-refractivity contribution in [3.8, 4) is 0 Å². The van der Waals surface area contributed by atoms with E-state index in [1.165, 1.54) is 26.0 Å². The quantitative estimate of drug-likeness (QED) is 0.737. The van der Waals surface area contributed by atoms with Crippen LogP contribution in [0.3, 0.4) is 0 Å². The van der Waals surface area contributed by atoms with E-state index in [-0.39, 0.29) is 27.2 Å². The lowest BCUT2D eigenvalue weighted by Crippen LogP contribution is -2.38. The van der Waals surface area contributed by atoms with Crippen molar-refractivity contribution in [1.82, 2.24) is 4.72 Å². The van der Waals surface area contributed by atoms with Gasteiger partial charge in [0, 0.05) is 6.54 Å². The fourth-order valence-electron chi connectivity index (χ4n) is 1.14. The number of hydrogen-bond donors (Lipinski definition) is 3. The largest absolute Gasteiger partial charge is 0.397 e. The van der Waals surface area contributed by atoms with Crippen molar-refractivity contribution in [3.05, 3.63) is 22.2 Å². The minimum Gasteiger partial charge on any atom is -0.397 e. The van der Waals surface area contributed by atoms with E-state index >= 15 is 0 Å². The fourth-order valence-corrected chi connectivity index (χ4v) is 3.48. The number of halogens is 2. The van der Waals surface area contributed by atoms with Crippen molar-refractivity contribution in [2.75, 3.05) is 12.3 Å². The molecular weight excluding hydrogens is 299 g/mol. The van der Waals surface area contributed by atoms with Gasteiger partial charge in [-0.2, -0.15) is 0 Å². The van der Waals surface area contributed by atoms with Crippen molar-refractivity contribution in [1.29, 1.82) is 0 Å². The lowest BCUT2D eigenvalue weighted by atomic mass is 10.1. The highest BCUT2D eigenvalue weighted by molar-refractivity contribution is 7.89. The number of nitrogens with one attached hydrogen (secondary N) is 1. The molecule has 0 heterocycles. The number of benzene rings is 1. The molecule has 0 atom stereocenters. The molecule has 102 valence electrons. The molecule has 0 spiro atoms. The smallest absolute Gasteiger partial charge is 0.243 e. The molecule has 4 N–H and O–H groups in total. The highest BCUT2D eigenvalue weighted by atomic mass is 35.5. The van der Waals surface area contributed by atoms with Gasteiger partial charge >= 0.3 is 0 Å². The second-order valence-electron chi connectivity index (χ2n) is 4.42. The van der Waals surface area contributed by atoms with Gasteiger partial charge in [-0.15, -0.1) is 0 Å². The summed E-state index contributed by atoms with van der Waals surface area (Å²) in [6.07, 6.45) is 0. The minimum atomic E-state index is -3.93. The minimum absolute atomic E-state index is 0.0301.